The molecule has 3 N–H and O–H groups in total. The number of rotatable bonds is 5. The molecule has 110 valence electrons. The first-order chi connectivity index (χ1) is 9.60. The summed E-state index contributed by atoms with van der Waals surface area (Å²) in [6.07, 6.45) is 3.68. The molecule has 0 heterocycles. The van der Waals surface area contributed by atoms with E-state index in [9.17, 15) is 4.79 Å². The van der Waals surface area contributed by atoms with Gasteiger partial charge in [0.1, 0.15) is 5.75 Å². The lowest BCUT2D eigenvalue weighted by Gasteiger charge is -2.16. The van der Waals surface area contributed by atoms with Crippen LogP contribution in [0.1, 0.15) is 32.6 Å². The fraction of sp³-hybridized carbons (Fsp3) is 0.533. The lowest BCUT2D eigenvalue weighted by molar-refractivity contribution is -0.117. The quantitative estimate of drug-likeness (QED) is 0.864. The van der Waals surface area contributed by atoms with Crippen molar-refractivity contribution in [2.24, 2.45) is 11.7 Å². The number of hydrogen-bond donors (Lipinski definition) is 2. The summed E-state index contributed by atoms with van der Waals surface area (Å²) >= 11 is 3.41. The topological polar surface area (TPSA) is 64.3 Å². The van der Waals surface area contributed by atoms with Gasteiger partial charge < -0.3 is 15.8 Å². The predicted octanol–water partition coefficient (Wildman–Crippen LogP) is 3.30. The van der Waals surface area contributed by atoms with Crippen LogP contribution >= 0.6 is 15.9 Å². The predicted molar refractivity (Wildman–Crippen MR) is 83.9 cm³/mol. The van der Waals surface area contributed by atoms with Gasteiger partial charge in [-0.1, -0.05) is 22.4 Å². The van der Waals surface area contributed by atoms with Gasteiger partial charge in [-0.2, -0.15) is 0 Å². The molecule has 1 fully saturated rings. The van der Waals surface area contributed by atoms with Crippen molar-refractivity contribution >= 4 is 27.5 Å². The lowest BCUT2D eigenvalue weighted by Crippen LogP contribution is -2.28. The highest BCUT2D eigenvalue weighted by Crippen LogP contribution is 2.30. The lowest BCUT2D eigenvalue weighted by atomic mass is 10.00. The number of halogens is 1. The Hall–Kier alpha value is -1.07. The Morgan fingerprint density at radius 1 is 1.50 bits per heavy atom. The number of benzene rings is 1. The molecule has 0 aromatic heterocycles. The molecule has 0 aliphatic heterocycles. The first-order valence-electron chi connectivity index (χ1n) is 7.08. The van der Waals surface area contributed by atoms with Crippen molar-refractivity contribution in [2.45, 2.75) is 38.6 Å². The standard InChI is InChI=1S/C15H21BrN2O2/c1-2-20-14-7-6-11(16)9-13(14)18-15(19)8-10-4-3-5-12(10)17/h6-7,9-10,12H,2-5,8,17H2,1H3,(H,18,19)/t10-,12+/m0/s1. The zero-order chi connectivity index (χ0) is 14.5. The zero-order valence-corrected chi connectivity index (χ0v) is 13.3. The highest BCUT2D eigenvalue weighted by Gasteiger charge is 2.26. The maximum absolute atomic E-state index is 12.1. The molecule has 0 radical (unpaired) electrons. The summed E-state index contributed by atoms with van der Waals surface area (Å²) in [4.78, 5) is 12.1. The third kappa shape index (κ3) is 3.96. The van der Waals surface area contributed by atoms with Crippen molar-refractivity contribution < 1.29 is 9.53 Å². The summed E-state index contributed by atoms with van der Waals surface area (Å²) in [7, 11) is 0. The van der Waals surface area contributed by atoms with Gasteiger partial charge in [0.2, 0.25) is 5.91 Å². The molecular weight excluding hydrogens is 320 g/mol. The van der Waals surface area contributed by atoms with Crippen molar-refractivity contribution in [3.05, 3.63) is 22.7 Å². The van der Waals surface area contributed by atoms with Crippen LogP contribution in [0.5, 0.6) is 5.75 Å². The van der Waals surface area contributed by atoms with Crippen molar-refractivity contribution in [1.82, 2.24) is 0 Å². The minimum Gasteiger partial charge on any atom is -0.492 e. The summed E-state index contributed by atoms with van der Waals surface area (Å²) in [6, 6.07) is 5.77. The van der Waals surface area contributed by atoms with Gasteiger partial charge in [-0.3, -0.25) is 4.79 Å². The second-order valence-electron chi connectivity index (χ2n) is 5.18. The number of hydrogen-bond acceptors (Lipinski definition) is 3. The van der Waals surface area contributed by atoms with E-state index in [1.54, 1.807) is 0 Å². The van der Waals surface area contributed by atoms with Gasteiger partial charge in [0, 0.05) is 16.9 Å². The summed E-state index contributed by atoms with van der Waals surface area (Å²) in [5.41, 5.74) is 6.72. The maximum atomic E-state index is 12.1. The average Bonchev–Trinajstić information content (AvgIpc) is 2.78. The highest BCUT2D eigenvalue weighted by molar-refractivity contribution is 9.10. The van der Waals surface area contributed by atoms with Crippen molar-refractivity contribution in [3.63, 3.8) is 0 Å². The van der Waals surface area contributed by atoms with Crippen LogP contribution in [0.4, 0.5) is 5.69 Å². The van der Waals surface area contributed by atoms with Gasteiger partial charge >= 0.3 is 0 Å². The van der Waals surface area contributed by atoms with E-state index in [4.69, 9.17) is 10.5 Å². The van der Waals surface area contributed by atoms with Gasteiger partial charge in [0.15, 0.2) is 0 Å². The van der Waals surface area contributed by atoms with Crippen LogP contribution in [0.3, 0.4) is 0 Å². The molecule has 5 heteroatoms. The minimum atomic E-state index is 0.00593. The third-order valence-electron chi connectivity index (χ3n) is 3.68. The van der Waals surface area contributed by atoms with Gasteiger partial charge in [-0.25, -0.2) is 0 Å². The number of carbonyl (C=O) groups excluding carboxylic acids is 1. The largest absolute Gasteiger partial charge is 0.492 e. The molecule has 0 spiro atoms. The van der Waals surface area contributed by atoms with Crippen LogP contribution in [0.25, 0.3) is 0 Å². The number of nitrogens with one attached hydrogen (secondary N) is 1. The zero-order valence-electron chi connectivity index (χ0n) is 11.7. The second kappa shape index (κ2) is 7.09. The van der Waals surface area contributed by atoms with Crippen LogP contribution < -0.4 is 15.8 Å². The third-order valence-corrected chi connectivity index (χ3v) is 4.17. The van der Waals surface area contributed by atoms with Crippen LogP contribution in [0.15, 0.2) is 22.7 Å². The molecule has 1 saturated carbocycles. The molecule has 0 bridgehead atoms. The Balaban J connectivity index is 2.01. The van der Waals surface area contributed by atoms with E-state index in [0.717, 1.165) is 23.7 Å². The molecule has 1 aromatic carbocycles. The second-order valence-corrected chi connectivity index (χ2v) is 6.10. The number of nitrogens with two attached hydrogens (primary N) is 1. The molecule has 1 amide bonds. The normalized spacial score (nSPS) is 21.8. The molecule has 1 aliphatic rings. The van der Waals surface area contributed by atoms with E-state index in [-0.39, 0.29) is 11.9 Å². The molecule has 20 heavy (non-hydrogen) atoms. The van der Waals surface area contributed by atoms with Crippen molar-refractivity contribution in [1.29, 1.82) is 0 Å². The van der Waals surface area contributed by atoms with Gasteiger partial charge in [0.05, 0.1) is 12.3 Å². The van der Waals surface area contributed by atoms with E-state index >= 15 is 0 Å². The van der Waals surface area contributed by atoms with E-state index in [1.165, 1.54) is 0 Å². The Morgan fingerprint density at radius 2 is 2.30 bits per heavy atom. The molecule has 0 unspecified atom stereocenters. The van der Waals surface area contributed by atoms with E-state index in [0.29, 0.717) is 30.4 Å². The van der Waals surface area contributed by atoms with Crippen molar-refractivity contribution in [3.8, 4) is 5.75 Å². The highest BCUT2D eigenvalue weighted by atomic mass is 79.9. The molecule has 1 aromatic rings. The number of anilines is 1. The summed E-state index contributed by atoms with van der Waals surface area (Å²) in [5.74, 6) is 1.00. The minimum absolute atomic E-state index is 0.00593. The van der Waals surface area contributed by atoms with Gasteiger partial charge in [0.25, 0.3) is 0 Å². The molecule has 1 aliphatic carbocycles. The van der Waals surface area contributed by atoms with Crippen molar-refractivity contribution in [2.75, 3.05) is 11.9 Å². The number of carbonyl (C=O) groups is 1. The number of ether oxygens (including phenoxy) is 1. The molecular formula is C15H21BrN2O2. The number of amides is 1. The fourth-order valence-corrected chi connectivity index (χ4v) is 3.00. The summed E-state index contributed by atoms with van der Waals surface area (Å²) < 4.78 is 6.43. The Morgan fingerprint density at radius 3 is 2.95 bits per heavy atom. The first-order valence-corrected chi connectivity index (χ1v) is 7.87. The van der Waals surface area contributed by atoms with Gasteiger partial charge in [-0.15, -0.1) is 0 Å². The fourth-order valence-electron chi connectivity index (χ4n) is 2.64. The maximum Gasteiger partial charge on any atom is 0.224 e. The molecule has 4 nitrogen and oxygen atoms in total. The molecule has 2 atom stereocenters. The summed E-state index contributed by atoms with van der Waals surface area (Å²) in [5, 5.41) is 2.93. The SMILES string of the molecule is CCOc1ccc(Br)cc1NC(=O)C[C@@H]1CCC[C@H]1N. The van der Waals surface area contributed by atoms with E-state index < -0.39 is 0 Å². The van der Waals surface area contributed by atoms with E-state index in [1.807, 2.05) is 25.1 Å². The Labute approximate surface area is 128 Å². The smallest absolute Gasteiger partial charge is 0.224 e. The molecule has 0 saturated heterocycles. The van der Waals surface area contributed by atoms with Crippen LogP contribution in [0, 0.1) is 5.92 Å². The van der Waals surface area contributed by atoms with Crippen LogP contribution in [-0.2, 0) is 4.79 Å². The molecule has 2 rings (SSSR count). The van der Waals surface area contributed by atoms with Gasteiger partial charge in [-0.05, 0) is 43.9 Å². The van der Waals surface area contributed by atoms with Crippen LogP contribution in [0.2, 0.25) is 0 Å². The summed E-state index contributed by atoms with van der Waals surface area (Å²) in [6.45, 7) is 2.49. The average molecular weight is 341 g/mol. The van der Waals surface area contributed by atoms with E-state index in [2.05, 4.69) is 21.2 Å². The van der Waals surface area contributed by atoms with Crippen LogP contribution in [-0.4, -0.2) is 18.6 Å². The first kappa shape index (κ1) is 15.3. The monoisotopic (exact) mass is 340 g/mol. The Kier molecular flexibility index (Phi) is 5.43. The Bertz CT molecular complexity index is 479.